The van der Waals surface area contributed by atoms with E-state index in [2.05, 4.69) is 10.00 Å². The minimum atomic E-state index is -0.389. The Morgan fingerprint density at radius 2 is 1.74 bits per heavy atom. The van der Waals surface area contributed by atoms with E-state index in [-0.39, 0.29) is 22.6 Å². The third-order valence-electron chi connectivity index (χ3n) is 6.33. The number of piperazine rings is 1. The highest BCUT2D eigenvalue weighted by Gasteiger charge is 2.26. The van der Waals surface area contributed by atoms with Crippen molar-refractivity contribution in [2.75, 3.05) is 31.1 Å². The Kier molecular flexibility index (Phi) is 5.90. The second kappa shape index (κ2) is 9.17. The lowest BCUT2D eigenvalue weighted by Crippen LogP contribution is -2.48. The summed E-state index contributed by atoms with van der Waals surface area (Å²) in [5, 5.41) is 16.4. The van der Waals surface area contributed by atoms with Crippen LogP contribution >= 0.6 is 0 Å². The number of amides is 1. The molecule has 5 rings (SSSR count). The van der Waals surface area contributed by atoms with Gasteiger partial charge in [0.25, 0.3) is 11.6 Å². The zero-order valence-corrected chi connectivity index (χ0v) is 19.7. The summed E-state index contributed by atoms with van der Waals surface area (Å²) in [5.74, 6) is -0.0587. The Labute approximate surface area is 202 Å². The summed E-state index contributed by atoms with van der Waals surface area (Å²) in [7, 11) is 0. The molecule has 0 unspecified atom stereocenters. The quantitative estimate of drug-likeness (QED) is 0.314. The number of rotatable bonds is 5. The number of pyridine rings is 1. The van der Waals surface area contributed by atoms with Gasteiger partial charge in [-0.05, 0) is 26.0 Å². The van der Waals surface area contributed by atoms with Gasteiger partial charge in [-0.3, -0.25) is 14.9 Å². The average molecular weight is 471 g/mol. The van der Waals surface area contributed by atoms with Crippen LogP contribution < -0.4 is 4.90 Å². The predicted molar refractivity (Wildman–Crippen MR) is 135 cm³/mol. The summed E-state index contributed by atoms with van der Waals surface area (Å²) in [6.07, 6.45) is 1.73. The zero-order chi connectivity index (χ0) is 24.5. The number of nitro benzene ring substituents is 1. The molecular formula is C26H26N6O3. The lowest BCUT2D eigenvalue weighted by molar-refractivity contribution is -0.384. The van der Waals surface area contributed by atoms with E-state index in [1.54, 1.807) is 18.3 Å². The highest BCUT2D eigenvalue weighted by Crippen LogP contribution is 2.28. The first-order chi connectivity index (χ1) is 16.9. The summed E-state index contributed by atoms with van der Waals surface area (Å²) >= 11 is 0. The van der Waals surface area contributed by atoms with Crippen molar-refractivity contribution < 1.29 is 9.72 Å². The molecule has 1 amide bonds. The summed E-state index contributed by atoms with van der Waals surface area (Å²) in [4.78, 5) is 33.2. The fourth-order valence-corrected chi connectivity index (χ4v) is 4.47. The summed E-state index contributed by atoms with van der Waals surface area (Å²) in [6.45, 7) is 6.31. The second-order valence-corrected chi connectivity index (χ2v) is 8.90. The smallest absolute Gasteiger partial charge is 0.271 e. The fourth-order valence-electron chi connectivity index (χ4n) is 4.47. The average Bonchev–Trinajstić information content (AvgIpc) is 3.33. The Bertz CT molecular complexity index is 1390. The molecule has 0 aliphatic carbocycles. The molecule has 0 bridgehead atoms. The number of fused-ring (bicyclic) bond motifs is 1. The maximum Gasteiger partial charge on any atom is 0.271 e. The molecular weight excluding hydrogens is 444 g/mol. The van der Waals surface area contributed by atoms with E-state index in [1.807, 2.05) is 65.9 Å². The van der Waals surface area contributed by atoms with Gasteiger partial charge in [0.1, 0.15) is 0 Å². The van der Waals surface area contributed by atoms with Crippen molar-refractivity contribution in [3.05, 3.63) is 82.5 Å². The van der Waals surface area contributed by atoms with Crippen LogP contribution in [-0.2, 0) is 0 Å². The van der Waals surface area contributed by atoms with Crippen LogP contribution in [0.2, 0.25) is 0 Å². The molecule has 1 fully saturated rings. The van der Waals surface area contributed by atoms with E-state index in [0.717, 1.165) is 22.3 Å². The maximum atomic E-state index is 13.7. The molecule has 9 nitrogen and oxygen atoms in total. The first kappa shape index (κ1) is 22.5. The molecule has 2 aromatic heterocycles. The molecule has 0 N–H and O–H groups in total. The Morgan fingerprint density at radius 3 is 2.43 bits per heavy atom. The monoisotopic (exact) mass is 470 g/mol. The highest BCUT2D eigenvalue weighted by atomic mass is 16.6. The molecule has 0 atom stereocenters. The van der Waals surface area contributed by atoms with Gasteiger partial charge in [-0.1, -0.05) is 36.4 Å². The van der Waals surface area contributed by atoms with Gasteiger partial charge >= 0.3 is 0 Å². The van der Waals surface area contributed by atoms with Gasteiger partial charge in [0.15, 0.2) is 5.65 Å². The third-order valence-corrected chi connectivity index (χ3v) is 6.33. The lowest BCUT2D eigenvalue weighted by atomic mass is 10.1. The van der Waals surface area contributed by atoms with Crippen molar-refractivity contribution in [1.29, 1.82) is 0 Å². The van der Waals surface area contributed by atoms with Gasteiger partial charge in [0, 0.05) is 55.6 Å². The van der Waals surface area contributed by atoms with Crippen LogP contribution in [0.5, 0.6) is 0 Å². The Balaban J connectivity index is 1.44. The van der Waals surface area contributed by atoms with Crippen LogP contribution in [0.25, 0.3) is 22.3 Å². The number of nitro groups is 1. The van der Waals surface area contributed by atoms with Crippen LogP contribution in [0.1, 0.15) is 30.2 Å². The van der Waals surface area contributed by atoms with Crippen LogP contribution in [0.15, 0.2) is 66.9 Å². The SMILES string of the molecule is CC(C)n1ncc2c(C(=O)N3CCN(c4cccc([N+](=O)[O-])c4)CC3)cc(-c3ccccc3)nc21. The number of hydrogen-bond donors (Lipinski definition) is 0. The summed E-state index contributed by atoms with van der Waals surface area (Å²) in [6, 6.07) is 18.4. The van der Waals surface area contributed by atoms with Crippen molar-refractivity contribution in [1.82, 2.24) is 19.7 Å². The van der Waals surface area contributed by atoms with Crippen LogP contribution in [0.3, 0.4) is 0 Å². The van der Waals surface area contributed by atoms with Gasteiger partial charge in [-0.15, -0.1) is 0 Å². The molecule has 0 spiro atoms. The first-order valence-corrected chi connectivity index (χ1v) is 11.6. The van der Waals surface area contributed by atoms with Crippen LogP contribution in [-0.4, -0.2) is 56.7 Å². The highest BCUT2D eigenvalue weighted by molar-refractivity contribution is 6.06. The van der Waals surface area contributed by atoms with Gasteiger partial charge in [0.05, 0.1) is 27.8 Å². The number of nitrogens with zero attached hydrogens (tertiary/aromatic N) is 6. The zero-order valence-electron chi connectivity index (χ0n) is 19.7. The summed E-state index contributed by atoms with van der Waals surface area (Å²) < 4.78 is 1.85. The molecule has 3 heterocycles. The van der Waals surface area contributed by atoms with Gasteiger partial charge in [0.2, 0.25) is 0 Å². The summed E-state index contributed by atoms with van der Waals surface area (Å²) in [5.41, 5.74) is 3.82. The number of carbonyl (C=O) groups excluding carboxylic acids is 1. The molecule has 4 aromatic rings. The van der Waals surface area contributed by atoms with Crippen molar-refractivity contribution in [3.63, 3.8) is 0 Å². The predicted octanol–water partition coefficient (Wildman–Crippen LogP) is 4.55. The number of benzene rings is 2. The Hall–Kier alpha value is -4.27. The molecule has 9 heteroatoms. The van der Waals surface area contributed by atoms with E-state index in [0.29, 0.717) is 37.4 Å². The molecule has 0 radical (unpaired) electrons. The van der Waals surface area contributed by atoms with Crippen LogP contribution in [0, 0.1) is 10.1 Å². The van der Waals surface area contributed by atoms with Crippen molar-refractivity contribution in [2.24, 2.45) is 0 Å². The van der Waals surface area contributed by atoms with E-state index < -0.39 is 0 Å². The van der Waals surface area contributed by atoms with Gasteiger partial charge < -0.3 is 9.80 Å². The van der Waals surface area contributed by atoms with Crippen molar-refractivity contribution in [2.45, 2.75) is 19.9 Å². The third kappa shape index (κ3) is 4.32. The minimum absolute atomic E-state index is 0.0587. The number of non-ortho nitro benzene ring substituents is 1. The molecule has 1 aliphatic rings. The molecule has 2 aromatic carbocycles. The molecule has 178 valence electrons. The fraction of sp³-hybridized carbons (Fsp3) is 0.269. The normalized spacial score (nSPS) is 14.0. The molecule has 1 aliphatic heterocycles. The lowest BCUT2D eigenvalue weighted by Gasteiger charge is -2.36. The topological polar surface area (TPSA) is 97.4 Å². The van der Waals surface area contributed by atoms with Gasteiger partial charge in [-0.2, -0.15) is 5.10 Å². The number of anilines is 1. The Morgan fingerprint density at radius 1 is 1.00 bits per heavy atom. The first-order valence-electron chi connectivity index (χ1n) is 11.6. The van der Waals surface area contributed by atoms with E-state index in [9.17, 15) is 14.9 Å². The number of hydrogen-bond acceptors (Lipinski definition) is 6. The number of aromatic nitrogens is 3. The van der Waals surface area contributed by atoms with E-state index in [1.165, 1.54) is 6.07 Å². The molecule has 1 saturated heterocycles. The van der Waals surface area contributed by atoms with Crippen LogP contribution in [0.4, 0.5) is 11.4 Å². The second-order valence-electron chi connectivity index (χ2n) is 8.90. The largest absolute Gasteiger partial charge is 0.368 e. The van der Waals surface area contributed by atoms with Crippen molar-refractivity contribution in [3.8, 4) is 11.3 Å². The van der Waals surface area contributed by atoms with Gasteiger partial charge in [-0.25, -0.2) is 9.67 Å². The number of carbonyl (C=O) groups is 1. The van der Waals surface area contributed by atoms with E-state index in [4.69, 9.17) is 4.98 Å². The van der Waals surface area contributed by atoms with E-state index >= 15 is 0 Å². The standard InChI is InChI=1S/C26H26N6O3/c1-18(2)31-25-23(17-27-31)22(16-24(28-25)19-7-4-3-5-8-19)26(33)30-13-11-29(12-14-30)20-9-6-10-21(15-20)32(34)35/h3-10,15-18H,11-14H2,1-2H3. The van der Waals surface area contributed by atoms with Crippen molar-refractivity contribution >= 4 is 28.3 Å². The molecule has 0 saturated carbocycles. The maximum absolute atomic E-state index is 13.7. The minimum Gasteiger partial charge on any atom is -0.368 e. The molecule has 35 heavy (non-hydrogen) atoms.